The highest BCUT2D eigenvalue weighted by Crippen LogP contribution is 2.35. The molecule has 8 nitrogen and oxygen atoms in total. The van der Waals surface area contributed by atoms with E-state index in [1.165, 1.54) is 17.7 Å². The molecule has 3 aliphatic rings. The lowest BCUT2D eigenvalue weighted by molar-refractivity contribution is -0.143. The Labute approximate surface area is 129 Å². The molecule has 1 saturated carbocycles. The highest BCUT2D eigenvalue weighted by Gasteiger charge is 2.60. The minimum absolute atomic E-state index is 0.127. The second kappa shape index (κ2) is 5.69. The average molecular weight is 331 g/mol. The lowest BCUT2D eigenvalue weighted by Crippen LogP contribution is -2.69. The molecule has 1 aliphatic carbocycles. The van der Waals surface area contributed by atoms with Gasteiger partial charge in [-0.25, -0.2) is 9.10 Å². The number of hydrogen-bond donors (Lipinski definition) is 2. The van der Waals surface area contributed by atoms with Crippen molar-refractivity contribution in [1.82, 2.24) is 14.5 Å². The van der Waals surface area contributed by atoms with E-state index in [0.717, 1.165) is 25.7 Å². The van der Waals surface area contributed by atoms with E-state index < -0.39 is 28.3 Å². The van der Waals surface area contributed by atoms with E-state index >= 15 is 0 Å². The van der Waals surface area contributed by atoms with Gasteiger partial charge in [0, 0.05) is 12.6 Å². The Bertz CT molecular complexity index is 570. The standard InChI is InChI=1S/C13H21N3O5S/c17-12-11-10(16(12)22(19,20)21)7-8-15(11)13(18)14-9-5-3-1-2-4-6-9/h9-11H,1-8H2,(H,14,18)(H,19,20,21)/t10?,11-/m0/s1. The summed E-state index contributed by atoms with van der Waals surface area (Å²) in [6.07, 6.45) is 6.80. The number of β-lactam (4-membered cyclic amide) rings is 1. The molecule has 9 heteroatoms. The van der Waals surface area contributed by atoms with E-state index in [4.69, 9.17) is 4.55 Å². The molecule has 0 radical (unpaired) electrons. The van der Waals surface area contributed by atoms with Crippen LogP contribution in [0.25, 0.3) is 0 Å². The van der Waals surface area contributed by atoms with E-state index in [1.807, 2.05) is 0 Å². The second-order valence-corrected chi connectivity index (χ2v) is 7.53. The van der Waals surface area contributed by atoms with Crippen molar-refractivity contribution in [2.45, 2.75) is 63.1 Å². The number of likely N-dealkylation sites (tertiary alicyclic amines) is 1. The number of amides is 3. The van der Waals surface area contributed by atoms with Gasteiger partial charge in [-0.1, -0.05) is 25.7 Å². The Morgan fingerprint density at radius 2 is 1.77 bits per heavy atom. The third-order valence-electron chi connectivity index (χ3n) is 4.83. The maximum Gasteiger partial charge on any atom is 0.362 e. The topological polar surface area (TPSA) is 107 Å². The maximum absolute atomic E-state index is 12.3. The molecule has 2 N–H and O–H groups in total. The molecule has 0 bridgehead atoms. The Morgan fingerprint density at radius 3 is 2.36 bits per heavy atom. The minimum Gasteiger partial charge on any atom is -0.335 e. The van der Waals surface area contributed by atoms with Gasteiger partial charge >= 0.3 is 16.3 Å². The Kier molecular flexibility index (Phi) is 4.02. The molecule has 0 aromatic rings. The predicted molar refractivity (Wildman–Crippen MR) is 77.3 cm³/mol. The van der Waals surface area contributed by atoms with E-state index in [-0.39, 0.29) is 12.1 Å². The molecule has 3 amide bonds. The van der Waals surface area contributed by atoms with Crippen LogP contribution in [0, 0.1) is 0 Å². The largest absolute Gasteiger partial charge is 0.362 e. The SMILES string of the molecule is O=C(NC1CCCCCC1)N1CCC2[C@H]1C(=O)N2S(=O)(=O)O. The molecular formula is C13H21N3O5S. The third-order valence-corrected chi connectivity index (χ3v) is 5.78. The first-order valence-corrected chi connectivity index (χ1v) is 9.17. The van der Waals surface area contributed by atoms with E-state index in [9.17, 15) is 18.0 Å². The zero-order valence-electron chi connectivity index (χ0n) is 12.3. The molecule has 2 heterocycles. The van der Waals surface area contributed by atoms with E-state index in [2.05, 4.69) is 5.32 Å². The average Bonchev–Trinajstić information content (AvgIpc) is 2.60. The minimum atomic E-state index is -4.53. The molecule has 22 heavy (non-hydrogen) atoms. The van der Waals surface area contributed by atoms with Gasteiger partial charge < -0.3 is 10.2 Å². The van der Waals surface area contributed by atoms with Gasteiger partial charge in [0.1, 0.15) is 6.04 Å². The van der Waals surface area contributed by atoms with Crippen LogP contribution in [0.15, 0.2) is 0 Å². The van der Waals surface area contributed by atoms with Crippen LogP contribution >= 0.6 is 0 Å². The van der Waals surface area contributed by atoms with Crippen molar-refractivity contribution in [3.05, 3.63) is 0 Å². The van der Waals surface area contributed by atoms with Crippen molar-refractivity contribution >= 4 is 22.2 Å². The second-order valence-electron chi connectivity index (χ2n) is 6.24. The molecule has 3 fully saturated rings. The number of carbonyl (C=O) groups is 2. The summed E-state index contributed by atoms with van der Waals surface area (Å²) in [6, 6.07) is -1.56. The van der Waals surface area contributed by atoms with Crippen LogP contribution in [-0.4, -0.2) is 58.8 Å². The summed E-state index contributed by atoms with van der Waals surface area (Å²) in [6.45, 7) is 0.325. The number of nitrogens with zero attached hydrogens (tertiary/aromatic N) is 2. The van der Waals surface area contributed by atoms with Crippen LogP contribution in [-0.2, 0) is 15.1 Å². The van der Waals surface area contributed by atoms with Gasteiger partial charge in [0.2, 0.25) is 0 Å². The zero-order valence-corrected chi connectivity index (χ0v) is 13.1. The number of fused-ring (bicyclic) bond motifs is 1. The fourth-order valence-corrected chi connectivity index (χ4v) is 4.62. The van der Waals surface area contributed by atoms with Gasteiger partial charge in [0.05, 0.1) is 6.04 Å². The van der Waals surface area contributed by atoms with Crippen LogP contribution in [0.4, 0.5) is 4.79 Å². The van der Waals surface area contributed by atoms with Crippen molar-refractivity contribution in [2.75, 3.05) is 6.54 Å². The number of urea groups is 1. The predicted octanol–water partition coefficient (Wildman–Crippen LogP) is 0.507. The quantitative estimate of drug-likeness (QED) is 0.435. The van der Waals surface area contributed by atoms with Gasteiger partial charge in [0.15, 0.2) is 0 Å². The summed E-state index contributed by atoms with van der Waals surface area (Å²) in [5.41, 5.74) is 0. The first kappa shape index (κ1) is 15.5. The zero-order chi connectivity index (χ0) is 15.9. The highest BCUT2D eigenvalue weighted by atomic mass is 32.2. The maximum atomic E-state index is 12.3. The van der Waals surface area contributed by atoms with Crippen molar-refractivity contribution in [1.29, 1.82) is 0 Å². The number of nitrogens with one attached hydrogen (secondary N) is 1. The molecule has 0 aromatic heterocycles. The van der Waals surface area contributed by atoms with Crippen LogP contribution < -0.4 is 5.32 Å². The summed E-state index contributed by atoms with van der Waals surface area (Å²) < 4.78 is 31.8. The lowest BCUT2D eigenvalue weighted by Gasteiger charge is -2.42. The molecule has 1 unspecified atom stereocenters. The van der Waals surface area contributed by atoms with E-state index in [0.29, 0.717) is 17.3 Å². The fourth-order valence-electron chi connectivity index (χ4n) is 3.72. The smallest absolute Gasteiger partial charge is 0.335 e. The highest BCUT2D eigenvalue weighted by molar-refractivity contribution is 7.84. The Hall–Kier alpha value is -1.35. The molecule has 124 valence electrons. The monoisotopic (exact) mass is 331 g/mol. The van der Waals surface area contributed by atoms with Crippen molar-refractivity contribution < 1.29 is 22.6 Å². The Balaban J connectivity index is 1.62. The fraction of sp³-hybridized carbons (Fsp3) is 0.846. The van der Waals surface area contributed by atoms with Crippen LogP contribution in [0.3, 0.4) is 0 Å². The lowest BCUT2D eigenvalue weighted by atomic mass is 10.0. The summed E-state index contributed by atoms with van der Waals surface area (Å²) in [5.74, 6) is -0.721. The normalized spacial score (nSPS) is 29.8. The van der Waals surface area contributed by atoms with Crippen LogP contribution in [0.5, 0.6) is 0 Å². The number of hydrogen-bond acceptors (Lipinski definition) is 4. The summed E-state index contributed by atoms with van der Waals surface area (Å²) in [7, 11) is -4.53. The van der Waals surface area contributed by atoms with Gasteiger partial charge in [-0.15, -0.1) is 0 Å². The molecular weight excluding hydrogens is 310 g/mol. The first-order chi connectivity index (χ1) is 10.4. The molecule has 0 aromatic carbocycles. The van der Waals surface area contributed by atoms with Gasteiger partial charge in [-0.05, 0) is 19.3 Å². The number of carbonyl (C=O) groups excluding carboxylic acids is 2. The molecule has 2 saturated heterocycles. The van der Waals surface area contributed by atoms with Crippen molar-refractivity contribution in [3.63, 3.8) is 0 Å². The molecule has 0 spiro atoms. The van der Waals surface area contributed by atoms with Crippen LogP contribution in [0.2, 0.25) is 0 Å². The first-order valence-electron chi connectivity index (χ1n) is 7.77. The van der Waals surface area contributed by atoms with E-state index in [1.54, 1.807) is 0 Å². The molecule has 3 rings (SSSR count). The number of rotatable bonds is 2. The summed E-state index contributed by atoms with van der Waals surface area (Å²) in [5, 5.41) is 2.96. The summed E-state index contributed by atoms with van der Waals surface area (Å²) >= 11 is 0. The summed E-state index contributed by atoms with van der Waals surface area (Å²) in [4.78, 5) is 25.7. The Morgan fingerprint density at radius 1 is 1.14 bits per heavy atom. The third kappa shape index (κ3) is 2.67. The van der Waals surface area contributed by atoms with Gasteiger partial charge in [0.25, 0.3) is 5.91 Å². The molecule has 2 atom stereocenters. The molecule has 2 aliphatic heterocycles. The van der Waals surface area contributed by atoms with Crippen molar-refractivity contribution in [3.8, 4) is 0 Å². The van der Waals surface area contributed by atoms with Crippen LogP contribution in [0.1, 0.15) is 44.9 Å². The van der Waals surface area contributed by atoms with Crippen molar-refractivity contribution in [2.24, 2.45) is 0 Å². The van der Waals surface area contributed by atoms with Gasteiger partial charge in [-0.2, -0.15) is 8.42 Å². The van der Waals surface area contributed by atoms with Gasteiger partial charge in [-0.3, -0.25) is 9.35 Å².